The lowest BCUT2D eigenvalue weighted by Crippen LogP contribution is -2.31. The fourth-order valence-corrected chi connectivity index (χ4v) is 1.91. The van der Waals surface area contributed by atoms with Crippen LogP contribution in [0.3, 0.4) is 0 Å². The average molecular weight is 170 g/mol. The normalized spacial score (nSPS) is 22.5. The summed E-state index contributed by atoms with van der Waals surface area (Å²) in [6.07, 6.45) is 9.15. The molecule has 0 aromatic carbocycles. The van der Waals surface area contributed by atoms with Crippen LogP contribution in [0.5, 0.6) is 0 Å². The van der Waals surface area contributed by atoms with Crippen LogP contribution >= 0.6 is 0 Å². The van der Waals surface area contributed by atoms with Gasteiger partial charge in [0, 0.05) is 6.61 Å². The maximum absolute atomic E-state index is 5.91. The van der Waals surface area contributed by atoms with Gasteiger partial charge in [-0.05, 0) is 26.2 Å². The second-order valence-corrected chi connectivity index (χ2v) is 4.21. The smallest absolute Gasteiger partial charge is 0.0654 e. The summed E-state index contributed by atoms with van der Waals surface area (Å²) in [6.45, 7) is 5.46. The van der Waals surface area contributed by atoms with Crippen molar-refractivity contribution < 1.29 is 4.74 Å². The fraction of sp³-hybridized carbons (Fsp3) is 1.00. The van der Waals surface area contributed by atoms with Crippen LogP contribution < -0.4 is 0 Å². The van der Waals surface area contributed by atoms with Gasteiger partial charge in [-0.15, -0.1) is 0 Å². The van der Waals surface area contributed by atoms with Crippen LogP contribution in [0, 0.1) is 0 Å². The predicted octanol–water partition coefficient (Wildman–Crippen LogP) is 3.53. The minimum atomic E-state index is 0.230. The molecule has 0 aromatic rings. The van der Waals surface area contributed by atoms with E-state index in [2.05, 4.69) is 13.8 Å². The molecule has 0 N–H and O–H groups in total. The van der Waals surface area contributed by atoms with Crippen LogP contribution in [0.2, 0.25) is 0 Å². The van der Waals surface area contributed by atoms with Crippen LogP contribution in [-0.2, 0) is 4.74 Å². The summed E-state index contributed by atoms with van der Waals surface area (Å²) in [4.78, 5) is 0. The Morgan fingerprint density at radius 3 is 2.42 bits per heavy atom. The highest BCUT2D eigenvalue weighted by atomic mass is 16.5. The van der Waals surface area contributed by atoms with Gasteiger partial charge in [0.05, 0.1) is 5.60 Å². The van der Waals surface area contributed by atoms with E-state index in [1.54, 1.807) is 0 Å². The second kappa shape index (κ2) is 4.86. The first-order valence-electron chi connectivity index (χ1n) is 5.41. The van der Waals surface area contributed by atoms with Crippen molar-refractivity contribution >= 4 is 0 Å². The van der Waals surface area contributed by atoms with E-state index in [0.717, 1.165) is 6.61 Å². The van der Waals surface area contributed by atoms with Crippen LogP contribution in [0.1, 0.15) is 58.8 Å². The minimum absolute atomic E-state index is 0.230. The Labute approximate surface area is 76.5 Å². The Morgan fingerprint density at radius 2 is 1.83 bits per heavy atom. The summed E-state index contributed by atoms with van der Waals surface area (Å²) >= 11 is 0. The third-order valence-corrected chi connectivity index (χ3v) is 2.86. The van der Waals surface area contributed by atoms with E-state index in [9.17, 15) is 0 Å². The topological polar surface area (TPSA) is 9.23 Å². The molecule has 1 rings (SSSR count). The number of hydrogen-bond donors (Lipinski definition) is 0. The van der Waals surface area contributed by atoms with Gasteiger partial charge in [0.2, 0.25) is 0 Å². The quantitative estimate of drug-likeness (QED) is 0.586. The Balaban J connectivity index is 2.17. The molecule has 0 radical (unpaired) electrons. The molecular weight excluding hydrogens is 148 g/mol. The standard InChI is InChI=1S/C11H22O/c1-3-4-10-12-11(2)8-6-5-7-9-11/h3-10H2,1-2H3. The lowest BCUT2D eigenvalue weighted by Gasteiger charge is -2.33. The maximum atomic E-state index is 5.91. The second-order valence-electron chi connectivity index (χ2n) is 4.21. The summed E-state index contributed by atoms with van der Waals surface area (Å²) in [5.41, 5.74) is 0.230. The molecule has 12 heavy (non-hydrogen) atoms. The zero-order valence-corrected chi connectivity index (χ0v) is 8.57. The van der Waals surface area contributed by atoms with Crippen molar-refractivity contribution in [3.05, 3.63) is 0 Å². The van der Waals surface area contributed by atoms with Crippen LogP contribution in [-0.4, -0.2) is 12.2 Å². The Bertz CT molecular complexity index is 114. The van der Waals surface area contributed by atoms with Gasteiger partial charge >= 0.3 is 0 Å². The SMILES string of the molecule is CCCCOC1(C)CCCCC1. The largest absolute Gasteiger partial charge is 0.375 e. The van der Waals surface area contributed by atoms with Gasteiger partial charge < -0.3 is 4.74 Å². The van der Waals surface area contributed by atoms with Gasteiger partial charge in [0.25, 0.3) is 0 Å². The molecule has 0 spiro atoms. The van der Waals surface area contributed by atoms with Gasteiger partial charge in [-0.1, -0.05) is 32.6 Å². The van der Waals surface area contributed by atoms with Crippen molar-refractivity contribution in [2.24, 2.45) is 0 Å². The summed E-state index contributed by atoms with van der Waals surface area (Å²) in [6, 6.07) is 0. The fourth-order valence-electron chi connectivity index (χ4n) is 1.91. The van der Waals surface area contributed by atoms with Gasteiger partial charge in [-0.25, -0.2) is 0 Å². The van der Waals surface area contributed by atoms with Crippen molar-refractivity contribution in [1.29, 1.82) is 0 Å². The van der Waals surface area contributed by atoms with Crippen LogP contribution in [0.25, 0.3) is 0 Å². The van der Waals surface area contributed by atoms with E-state index in [1.165, 1.54) is 44.9 Å². The number of unbranched alkanes of at least 4 members (excludes halogenated alkanes) is 1. The van der Waals surface area contributed by atoms with E-state index in [1.807, 2.05) is 0 Å². The molecule has 1 fully saturated rings. The first kappa shape index (κ1) is 10.0. The summed E-state index contributed by atoms with van der Waals surface area (Å²) in [7, 11) is 0. The molecule has 1 nitrogen and oxygen atoms in total. The van der Waals surface area contributed by atoms with E-state index < -0.39 is 0 Å². The van der Waals surface area contributed by atoms with E-state index in [0.29, 0.717) is 0 Å². The van der Waals surface area contributed by atoms with Crippen molar-refractivity contribution in [2.75, 3.05) is 6.61 Å². The third-order valence-electron chi connectivity index (χ3n) is 2.86. The number of hydrogen-bond acceptors (Lipinski definition) is 1. The molecule has 0 aliphatic heterocycles. The van der Waals surface area contributed by atoms with Crippen molar-refractivity contribution in [3.8, 4) is 0 Å². The minimum Gasteiger partial charge on any atom is -0.375 e. The maximum Gasteiger partial charge on any atom is 0.0654 e. The molecule has 1 saturated carbocycles. The Morgan fingerprint density at radius 1 is 1.17 bits per heavy atom. The molecule has 1 aliphatic carbocycles. The molecule has 0 heterocycles. The summed E-state index contributed by atoms with van der Waals surface area (Å²) in [5.74, 6) is 0. The van der Waals surface area contributed by atoms with Crippen molar-refractivity contribution in [3.63, 3.8) is 0 Å². The first-order chi connectivity index (χ1) is 5.77. The molecule has 72 valence electrons. The predicted molar refractivity (Wildman–Crippen MR) is 52.4 cm³/mol. The van der Waals surface area contributed by atoms with Crippen LogP contribution in [0.15, 0.2) is 0 Å². The molecule has 0 bridgehead atoms. The molecular formula is C11H22O. The van der Waals surface area contributed by atoms with Gasteiger partial charge in [0.15, 0.2) is 0 Å². The monoisotopic (exact) mass is 170 g/mol. The molecule has 0 saturated heterocycles. The molecule has 0 amide bonds. The molecule has 0 unspecified atom stereocenters. The highest BCUT2D eigenvalue weighted by molar-refractivity contribution is 4.79. The molecule has 0 aromatic heterocycles. The lowest BCUT2D eigenvalue weighted by molar-refractivity contribution is -0.0570. The summed E-state index contributed by atoms with van der Waals surface area (Å²) in [5, 5.41) is 0. The van der Waals surface area contributed by atoms with Gasteiger partial charge in [0.1, 0.15) is 0 Å². The highest BCUT2D eigenvalue weighted by Gasteiger charge is 2.26. The van der Waals surface area contributed by atoms with Crippen LogP contribution in [0.4, 0.5) is 0 Å². The van der Waals surface area contributed by atoms with Gasteiger partial charge in [-0.2, -0.15) is 0 Å². The van der Waals surface area contributed by atoms with Crippen molar-refractivity contribution in [2.45, 2.75) is 64.4 Å². The first-order valence-corrected chi connectivity index (χ1v) is 5.41. The Hall–Kier alpha value is -0.0400. The van der Waals surface area contributed by atoms with Gasteiger partial charge in [-0.3, -0.25) is 0 Å². The highest BCUT2D eigenvalue weighted by Crippen LogP contribution is 2.30. The van der Waals surface area contributed by atoms with E-state index in [4.69, 9.17) is 4.74 Å². The summed E-state index contributed by atoms with van der Waals surface area (Å²) < 4.78 is 5.91. The molecule has 1 heteroatoms. The molecule has 0 atom stereocenters. The Kier molecular flexibility index (Phi) is 4.07. The average Bonchev–Trinajstić information content (AvgIpc) is 2.06. The number of rotatable bonds is 4. The van der Waals surface area contributed by atoms with E-state index in [-0.39, 0.29) is 5.60 Å². The number of ether oxygens (including phenoxy) is 1. The zero-order valence-electron chi connectivity index (χ0n) is 8.57. The van der Waals surface area contributed by atoms with E-state index >= 15 is 0 Å². The lowest BCUT2D eigenvalue weighted by atomic mass is 9.86. The third kappa shape index (κ3) is 3.14. The molecule has 1 aliphatic rings. The van der Waals surface area contributed by atoms with Crippen molar-refractivity contribution in [1.82, 2.24) is 0 Å². The zero-order chi connectivity index (χ0) is 8.86.